The quantitative estimate of drug-likeness (QED) is 0.725. The second kappa shape index (κ2) is 7.49. The van der Waals surface area contributed by atoms with E-state index in [0.717, 1.165) is 15.2 Å². The number of hydrogen-bond acceptors (Lipinski definition) is 4. The fraction of sp³-hybridized carbons (Fsp3) is 0.167. The standard InChI is InChI=1S/C18H17FN4O2S/c1-11(24)20-15-9-12(7-8-13(15)19)21-18(25)23(2)10-17-22-14-5-3-4-6-16(14)26-17/h3-9H,10H2,1-2H3,(H,20,24)(H,21,25). The molecule has 0 fully saturated rings. The molecule has 1 aromatic heterocycles. The van der Waals surface area contributed by atoms with Gasteiger partial charge in [-0.2, -0.15) is 0 Å². The third-order valence-electron chi connectivity index (χ3n) is 3.59. The van der Waals surface area contributed by atoms with Crippen molar-refractivity contribution in [1.29, 1.82) is 0 Å². The number of aromatic nitrogens is 1. The molecule has 3 aromatic rings. The SMILES string of the molecule is CC(=O)Nc1cc(NC(=O)N(C)Cc2nc3ccccc3s2)ccc1F. The minimum absolute atomic E-state index is 0.0177. The van der Waals surface area contributed by atoms with Gasteiger partial charge in [-0.25, -0.2) is 14.2 Å². The zero-order valence-corrected chi connectivity index (χ0v) is 15.1. The smallest absolute Gasteiger partial charge is 0.321 e. The first-order chi connectivity index (χ1) is 12.4. The van der Waals surface area contributed by atoms with Crippen LogP contribution in [-0.4, -0.2) is 28.9 Å². The fourth-order valence-electron chi connectivity index (χ4n) is 2.37. The number of para-hydroxylation sites is 1. The number of nitrogens with one attached hydrogen (secondary N) is 2. The molecule has 0 saturated heterocycles. The van der Waals surface area contributed by atoms with E-state index in [1.807, 2.05) is 24.3 Å². The number of carbonyl (C=O) groups excluding carboxylic acids is 2. The molecule has 0 unspecified atom stereocenters. The topological polar surface area (TPSA) is 74.3 Å². The van der Waals surface area contributed by atoms with Crippen molar-refractivity contribution in [2.45, 2.75) is 13.5 Å². The molecule has 0 radical (unpaired) electrons. The van der Waals surface area contributed by atoms with Gasteiger partial charge in [0.2, 0.25) is 5.91 Å². The number of benzene rings is 2. The first-order valence-corrected chi connectivity index (χ1v) is 8.68. The van der Waals surface area contributed by atoms with E-state index in [2.05, 4.69) is 15.6 Å². The van der Waals surface area contributed by atoms with Crippen molar-refractivity contribution >= 4 is 44.9 Å². The van der Waals surface area contributed by atoms with Crippen LogP contribution in [-0.2, 0) is 11.3 Å². The largest absolute Gasteiger partial charge is 0.324 e. The highest BCUT2D eigenvalue weighted by Crippen LogP contribution is 2.23. The van der Waals surface area contributed by atoms with Crippen molar-refractivity contribution in [1.82, 2.24) is 9.88 Å². The van der Waals surface area contributed by atoms with Crippen LogP contribution in [0.4, 0.5) is 20.6 Å². The third-order valence-corrected chi connectivity index (χ3v) is 4.61. The molecule has 8 heteroatoms. The average molecular weight is 372 g/mol. The summed E-state index contributed by atoms with van der Waals surface area (Å²) in [6.07, 6.45) is 0. The summed E-state index contributed by atoms with van der Waals surface area (Å²) in [6.45, 7) is 1.64. The number of amides is 3. The maximum Gasteiger partial charge on any atom is 0.321 e. The molecule has 0 atom stereocenters. The van der Waals surface area contributed by atoms with Crippen LogP contribution in [0.1, 0.15) is 11.9 Å². The van der Waals surface area contributed by atoms with Crippen molar-refractivity contribution in [2.75, 3.05) is 17.7 Å². The van der Waals surface area contributed by atoms with Crippen LogP contribution in [0.3, 0.4) is 0 Å². The molecule has 1 heterocycles. The number of urea groups is 1. The second-order valence-corrected chi connectivity index (χ2v) is 6.85. The predicted octanol–water partition coefficient (Wildman–Crippen LogP) is 4.06. The maximum absolute atomic E-state index is 13.7. The summed E-state index contributed by atoms with van der Waals surface area (Å²) >= 11 is 1.53. The van der Waals surface area contributed by atoms with E-state index in [1.165, 1.54) is 41.4 Å². The molecule has 0 saturated carbocycles. The monoisotopic (exact) mass is 372 g/mol. The minimum atomic E-state index is -0.568. The third kappa shape index (κ3) is 4.15. The summed E-state index contributed by atoms with van der Waals surface area (Å²) in [6, 6.07) is 11.4. The highest BCUT2D eigenvalue weighted by Gasteiger charge is 2.13. The van der Waals surface area contributed by atoms with Gasteiger partial charge in [-0.05, 0) is 30.3 Å². The van der Waals surface area contributed by atoms with Crippen molar-refractivity contribution in [3.8, 4) is 0 Å². The molecule has 2 aromatic carbocycles. The minimum Gasteiger partial charge on any atom is -0.324 e. The zero-order valence-electron chi connectivity index (χ0n) is 14.2. The Morgan fingerprint density at radius 2 is 1.96 bits per heavy atom. The lowest BCUT2D eigenvalue weighted by Gasteiger charge is -2.17. The highest BCUT2D eigenvalue weighted by molar-refractivity contribution is 7.18. The van der Waals surface area contributed by atoms with Gasteiger partial charge in [0.25, 0.3) is 0 Å². The van der Waals surface area contributed by atoms with Crippen molar-refractivity contribution < 1.29 is 14.0 Å². The zero-order chi connectivity index (χ0) is 18.7. The Bertz CT molecular complexity index is 940. The lowest BCUT2D eigenvalue weighted by Crippen LogP contribution is -2.30. The Morgan fingerprint density at radius 3 is 2.69 bits per heavy atom. The van der Waals surface area contributed by atoms with Crippen LogP contribution in [0.25, 0.3) is 10.2 Å². The molecule has 0 bridgehead atoms. The molecule has 3 amide bonds. The number of nitrogens with zero attached hydrogens (tertiary/aromatic N) is 2. The van der Waals surface area contributed by atoms with E-state index in [1.54, 1.807) is 7.05 Å². The Balaban J connectivity index is 1.68. The molecule has 134 valence electrons. The van der Waals surface area contributed by atoms with Gasteiger partial charge < -0.3 is 15.5 Å². The van der Waals surface area contributed by atoms with Gasteiger partial charge in [0.1, 0.15) is 10.8 Å². The van der Waals surface area contributed by atoms with E-state index < -0.39 is 5.82 Å². The average Bonchev–Trinajstić information content (AvgIpc) is 2.99. The predicted molar refractivity (Wildman–Crippen MR) is 101 cm³/mol. The maximum atomic E-state index is 13.7. The Kier molecular flexibility index (Phi) is 5.13. The van der Waals surface area contributed by atoms with Crippen LogP contribution in [0, 0.1) is 5.82 Å². The Hall–Kier alpha value is -3.00. The van der Waals surface area contributed by atoms with Gasteiger partial charge in [-0.3, -0.25) is 4.79 Å². The molecule has 0 aliphatic rings. The summed E-state index contributed by atoms with van der Waals surface area (Å²) in [4.78, 5) is 29.5. The number of fused-ring (bicyclic) bond motifs is 1. The summed E-state index contributed by atoms with van der Waals surface area (Å²) in [5.41, 5.74) is 1.31. The number of hydrogen-bond donors (Lipinski definition) is 2. The Labute approximate surface area is 153 Å². The molecule has 3 rings (SSSR count). The second-order valence-electron chi connectivity index (χ2n) is 5.74. The van der Waals surface area contributed by atoms with Crippen LogP contribution < -0.4 is 10.6 Å². The van der Waals surface area contributed by atoms with E-state index in [9.17, 15) is 14.0 Å². The molecule has 0 spiro atoms. The normalized spacial score (nSPS) is 10.6. The lowest BCUT2D eigenvalue weighted by atomic mass is 10.2. The summed E-state index contributed by atoms with van der Waals surface area (Å²) in [5.74, 6) is -0.957. The molecular formula is C18H17FN4O2S. The number of carbonyl (C=O) groups is 2. The van der Waals surface area contributed by atoms with Crippen LogP contribution in [0.5, 0.6) is 0 Å². The van der Waals surface area contributed by atoms with Gasteiger partial charge in [-0.1, -0.05) is 12.1 Å². The molecule has 26 heavy (non-hydrogen) atoms. The van der Waals surface area contributed by atoms with Gasteiger partial charge in [0.05, 0.1) is 22.4 Å². The molecule has 2 N–H and O–H groups in total. The van der Waals surface area contributed by atoms with Crippen LogP contribution in [0.15, 0.2) is 42.5 Å². The molecular weight excluding hydrogens is 355 g/mol. The number of anilines is 2. The highest BCUT2D eigenvalue weighted by atomic mass is 32.1. The summed E-state index contributed by atoms with van der Waals surface area (Å²) < 4.78 is 14.7. The summed E-state index contributed by atoms with van der Waals surface area (Å²) in [7, 11) is 1.65. The molecule has 0 aliphatic carbocycles. The first-order valence-electron chi connectivity index (χ1n) is 7.86. The first kappa shape index (κ1) is 17.8. The summed E-state index contributed by atoms with van der Waals surface area (Å²) in [5, 5.41) is 5.89. The van der Waals surface area contributed by atoms with Crippen molar-refractivity contribution in [3.63, 3.8) is 0 Å². The van der Waals surface area contributed by atoms with Crippen LogP contribution >= 0.6 is 11.3 Å². The lowest BCUT2D eigenvalue weighted by molar-refractivity contribution is -0.114. The van der Waals surface area contributed by atoms with Gasteiger partial charge >= 0.3 is 6.03 Å². The fourth-order valence-corrected chi connectivity index (χ4v) is 3.39. The van der Waals surface area contributed by atoms with E-state index in [0.29, 0.717) is 12.2 Å². The number of halogens is 1. The van der Waals surface area contributed by atoms with Gasteiger partial charge in [-0.15, -0.1) is 11.3 Å². The van der Waals surface area contributed by atoms with Crippen molar-refractivity contribution in [2.24, 2.45) is 0 Å². The molecule has 0 aliphatic heterocycles. The Morgan fingerprint density at radius 1 is 1.19 bits per heavy atom. The van der Waals surface area contributed by atoms with Crippen molar-refractivity contribution in [3.05, 3.63) is 53.3 Å². The van der Waals surface area contributed by atoms with E-state index in [4.69, 9.17) is 0 Å². The van der Waals surface area contributed by atoms with Gasteiger partial charge in [0, 0.05) is 19.7 Å². The number of rotatable bonds is 4. The molecule has 6 nitrogen and oxygen atoms in total. The van der Waals surface area contributed by atoms with E-state index in [-0.39, 0.29) is 17.6 Å². The number of thiazole rings is 1. The van der Waals surface area contributed by atoms with Crippen LogP contribution in [0.2, 0.25) is 0 Å². The van der Waals surface area contributed by atoms with Gasteiger partial charge in [0.15, 0.2) is 0 Å². The van der Waals surface area contributed by atoms with E-state index >= 15 is 0 Å².